The summed E-state index contributed by atoms with van der Waals surface area (Å²) in [6.45, 7) is 3.20. The van der Waals surface area contributed by atoms with Gasteiger partial charge in [-0.3, -0.25) is 4.98 Å². The number of aromatic nitrogens is 3. The maximum absolute atomic E-state index is 5.84. The third kappa shape index (κ3) is 3.24. The number of halogens is 1. The van der Waals surface area contributed by atoms with E-state index < -0.39 is 0 Å². The highest BCUT2D eigenvalue weighted by atomic mass is 35.5. The van der Waals surface area contributed by atoms with Gasteiger partial charge in [-0.15, -0.1) is 0 Å². The predicted octanol–water partition coefficient (Wildman–Crippen LogP) is 3.42. The maximum atomic E-state index is 5.84. The van der Waals surface area contributed by atoms with Gasteiger partial charge in [0.1, 0.15) is 5.69 Å². The van der Waals surface area contributed by atoms with E-state index in [-0.39, 0.29) is 0 Å². The minimum atomic E-state index is 0.310. The highest BCUT2D eigenvalue weighted by Crippen LogP contribution is 2.34. The second-order valence-corrected chi connectivity index (χ2v) is 5.85. The Morgan fingerprint density at radius 3 is 3.05 bits per heavy atom. The molecule has 1 aliphatic rings. The summed E-state index contributed by atoms with van der Waals surface area (Å²) in [5.41, 5.74) is 0.686. The molecule has 0 aliphatic heterocycles. The first-order chi connectivity index (χ1) is 10.3. The first-order valence-electron chi connectivity index (χ1n) is 7.47. The summed E-state index contributed by atoms with van der Waals surface area (Å²) in [5.74, 6) is 1.56. The Labute approximate surface area is 129 Å². The molecule has 0 spiro atoms. The fourth-order valence-electron chi connectivity index (χ4n) is 2.83. The molecule has 2 unspecified atom stereocenters. The van der Waals surface area contributed by atoms with Crippen LogP contribution in [0.4, 0.5) is 0 Å². The van der Waals surface area contributed by atoms with Crippen molar-refractivity contribution < 1.29 is 4.52 Å². The molecule has 0 aromatic carbocycles. The molecule has 21 heavy (non-hydrogen) atoms. The largest absolute Gasteiger partial charge is 0.339 e. The van der Waals surface area contributed by atoms with Crippen molar-refractivity contribution in [2.75, 3.05) is 6.54 Å². The summed E-state index contributed by atoms with van der Waals surface area (Å²) in [7, 11) is 0. The second kappa shape index (κ2) is 6.54. The van der Waals surface area contributed by atoms with E-state index in [4.69, 9.17) is 16.1 Å². The van der Waals surface area contributed by atoms with Crippen LogP contribution in [0.2, 0.25) is 5.02 Å². The molecule has 1 fully saturated rings. The van der Waals surface area contributed by atoms with Gasteiger partial charge in [-0.1, -0.05) is 30.1 Å². The van der Waals surface area contributed by atoms with Crippen LogP contribution in [0.25, 0.3) is 11.5 Å². The van der Waals surface area contributed by atoms with Crippen molar-refractivity contribution >= 4 is 11.6 Å². The molecule has 1 aliphatic carbocycles. The lowest BCUT2D eigenvalue weighted by atomic mass is 10.0. The summed E-state index contributed by atoms with van der Waals surface area (Å²) in [4.78, 5) is 8.75. The number of nitrogens with one attached hydrogen (secondary N) is 1. The van der Waals surface area contributed by atoms with Gasteiger partial charge in [0, 0.05) is 12.2 Å². The van der Waals surface area contributed by atoms with Gasteiger partial charge in [0.25, 0.3) is 0 Å². The van der Waals surface area contributed by atoms with E-state index in [1.165, 1.54) is 12.8 Å². The lowest BCUT2D eigenvalue weighted by Gasteiger charge is -2.17. The van der Waals surface area contributed by atoms with E-state index in [0.717, 1.165) is 19.4 Å². The number of nitrogens with zero attached hydrogens (tertiary/aromatic N) is 3. The smallest absolute Gasteiger partial charge is 0.231 e. The summed E-state index contributed by atoms with van der Waals surface area (Å²) in [6, 6.07) is 4.02. The van der Waals surface area contributed by atoms with E-state index in [9.17, 15) is 0 Å². The molecule has 0 saturated heterocycles. The number of rotatable bonds is 5. The molecule has 5 nitrogen and oxygen atoms in total. The molecule has 6 heteroatoms. The van der Waals surface area contributed by atoms with Crippen LogP contribution in [0.3, 0.4) is 0 Å². The molecule has 0 radical (unpaired) electrons. The van der Waals surface area contributed by atoms with Crippen LogP contribution in [0.1, 0.15) is 44.4 Å². The van der Waals surface area contributed by atoms with Crippen molar-refractivity contribution in [3.8, 4) is 11.5 Å². The molecular formula is C15H19ClN4O. The summed E-state index contributed by atoms with van der Waals surface area (Å²) in [5, 5.41) is 8.23. The molecular weight excluding hydrogens is 288 g/mol. The Kier molecular flexibility index (Phi) is 4.51. The number of hydrogen-bond acceptors (Lipinski definition) is 5. The SMILES string of the molecule is CCCNC1CCCC1c1nc(-c2ccc(Cl)cn2)no1. The third-order valence-electron chi connectivity index (χ3n) is 3.89. The van der Waals surface area contributed by atoms with Gasteiger partial charge < -0.3 is 9.84 Å². The highest BCUT2D eigenvalue weighted by Gasteiger charge is 2.32. The lowest BCUT2D eigenvalue weighted by molar-refractivity contribution is 0.330. The molecule has 112 valence electrons. The molecule has 2 heterocycles. The Hall–Kier alpha value is -1.46. The van der Waals surface area contributed by atoms with Gasteiger partial charge >= 0.3 is 0 Å². The van der Waals surface area contributed by atoms with Crippen LogP contribution in [-0.4, -0.2) is 27.7 Å². The van der Waals surface area contributed by atoms with Crippen LogP contribution in [0.15, 0.2) is 22.9 Å². The van der Waals surface area contributed by atoms with Crippen molar-refractivity contribution in [3.05, 3.63) is 29.2 Å². The summed E-state index contributed by atoms with van der Waals surface area (Å²) < 4.78 is 5.47. The molecule has 2 atom stereocenters. The Balaban J connectivity index is 1.76. The molecule has 3 rings (SSSR count). The molecule has 1 N–H and O–H groups in total. The van der Waals surface area contributed by atoms with Crippen LogP contribution in [0, 0.1) is 0 Å². The summed E-state index contributed by atoms with van der Waals surface area (Å²) >= 11 is 5.84. The van der Waals surface area contributed by atoms with Crippen LogP contribution in [-0.2, 0) is 0 Å². The predicted molar refractivity (Wildman–Crippen MR) is 81.2 cm³/mol. The Morgan fingerprint density at radius 2 is 2.29 bits per heavy atom. The van der Waals surface area contributed by atoms with Gasteiger partial charge in [0.15, 0.2) is 0 Å². The lowest BCUT2D eigenvalue weighted by Crippen LogP contribution is -2.31. The minimum absolute atomic E-state index is 0.310. The third-order valence-corrected chi connectivity index (χ3v) is 4.11. The second-order valence-electron chi connectivity index (χ2n) is 5.42. The monoisotopic (exact) mass is 306 g/mol. The van der Waals surface area contributed by atoms with Crippen LogP contribution < -0.4 is 5.32 Å². The fourth-order valence-corrected chi connectivity index (χ4v) is 2.94. The van der Waals surface area contributed by atoms with Crippen molar-refractivity contribution in [3.63, 3.8) is 0 Å². The first-order valence-corrected chi connectivity index (χ1v) is 7.84. The van der Waals surface area contributed by atoms with Gasteiger partial charge in [0.2, 0.25) is 11.7 Å². The zero-order chi connectivity index (χ0) is 14.7. The van der Waals surface area contributed by atoms with Crippen LogP contribution in [0.5, 0.6) is 0 Å². The number of hydrogen-bond donors (Lipinski definition) is 1. The number of pyridine rings is 1. The maximum Gasteiger partial charge on any atom is 0.231 e. The molecule has 0 bridgehead atoms. The molecule has 1 saturated carbocycles. The first kappa shape index (κ1) is 14.5. The van der Waals surface area contributed by atoms with Gasteiger partial charge in [0.05, 0.1) is 10.9 Å². The van der Waals surface area contributed by atoms with Crippen molar-refractivity contribution in [2.45, 2.75) is 44.6 Å². The highest BCUT2D eigenvalue weighted by molar-refractivity contribution is 6.30. The average Bonchev–Trinajstić information content (AvgIpc) is 3.14. The zero-order valence-electron chi connectivity index (χ0n) is 12.1. The minimum Gasteiger partial charge on any atom is -0.339 e. The van der Waals surface area contributed by atoms with E-state index in [1.54, 1.807) is 18.3 Å². The standard InChI is InChI=1S/C15H19ClN4O/c1-2-8-17-12-5-3-4-11(12)15-19-14(20-21-15)13-7-6-10(16)9-18-13/h6-7,9,11-12,17H,2-5,8H2,1H3. The molecule has 0 amide bonds. The molecule has 2 aromatic heterocycles. The fraction of sp³-hybridized carbons (Fsp3) is 0.533. The van der Waals surface area contributed by atoms with E-state index in [0.29, 0.717) is 34.4 Å². The normalized spacial score (nSPS) is 21.8. The Bertz CT molecular complexity index is 584. The van der Waals surface area contributed by atoms with Crippen LogP contribution >= 0.6 is 11.6 Å². The van der Waals surface area contributed by atoms with Gasteiger partial charge in [-0.05, 0) is 37.9 Å². The van der Waals surface area contributed by atoms with Crippen molar-refractivity contribution in [1.29, 1.82) is 0 Å². The Morgan fingerprint density at radius 1 is 1.38 bits per heavy atom. The molecule has 2 aromatic rings. The van der Waals surface area contributed by atoms with Gasteiger partial charge in [-0.25, -0.2) is 0 Å². The summed E-state index contributed by atoms with van der Waals surface area (Å²) in [6.07, 6.45) is 6.18. The van der Waals surface area contributed by atoms with E-state index in [1.807, 2.05) is 0 Å². The van der Waals surface area contributed by atoms with E-state index in [2.05, 4.69) is 27.4 Å². The van der Waals surface area contributed by atoms with E-state index >= 15 is 0 Å². The zero-order valence-corrected chi connectivity index (χ0v) is 12.8. The average molecular weight is 307 g/mol. The topological polar surface area (TPSA) is 63.8 Å². The van der Waals surface area contributed by atoms with Gasteiger partial charge in [-0.2, -0.15) is 4.98 Å². The van der Waals surface area contributed by atoms with Crippen molar-refractivity contribution in [1.82, 2.24) is 20.4 Å². The van der Waals surface area contributed by atoms with Crippen molar-refractivity contribution in [2.24, 2.45) is 0 Å². The quantitative estimate of drug-likeness (QED) is 0.917.